The van der Waals surface area contributed by atoms with E-state index in [0.717, 1.165) is 24.3 Å². The predicted molar refractivity (Wildman–Crippen MR) is 172 cm³/mol. The summed E-state index contributed by atoms with van der Waals surface area (Å²) in [5.74, 6) is -6.56. The second-order valence-corrected chi connectivity index (χ2v) is 19.0. The molecule has 13 heteroatoms. The fourth-order valence-electron chi connectivity index (χ4n) is 5.40. The Kier molecular flexibility index (Phi) is 11.4. The van der Waals surface area contributed by atoms with Gasteiger partial charge in [-0.1, -0.05) is 0 Å². The average molecular weight is 740 g/mol. The van der Waals surface area contributed by atoms with Gasteiger partial charge in [0.25, 0.3) is 0 Å². The van der Waals surface area contributed by atoms with Crippen LogP contribution in [0.1, 0.15) is 13.8 Å². The molecule has 0 atom stereocenters. The molecule has 45 heavy (non-hydrogen) atoms. The van der Waals surface area contributed by atoms with Crippen molar-refractivity contribution in [3.8, 4) is 0 Å². The Balaban J connectivity index is 2.04. The van der Waals surface area contributed by atoms with Gasteiger partial charge in [-0.05, 0) is 0 Å². The van der Waals surface area contributed by atoms with Gasteiger partial charge in [0.1, 0.15) is 0 Å². The van der Waals surface area contributed by atoms with Crippen LogP contribution in [0.3, 0.4) is 0 Å². The van der Waals surface area contributed by atoms with Crippen LogP contribution >= 0.6 is 46.4 Å². The van der Waals surface area contributed by atoms with Gasteiger partial charge in [0, 0.05) is 0 Å². The van der Waals surface area contributed by atoms with E-state index in [0.29, 0.717) is 0 Å². The Bertz CT molecular complexity index is 1460. The molecule has 4 rings (SSSR count). The van der Waals surface area contributed by atoms with Gasteiger partial charge >= 0.3 is 284 Å². The van der Waals surface area contributed by atoms with Gasteiger partial charge in [0.2, 0.25) is 0 Å². The van der Waals surface area contributed by atoms with Gasteiger partial charge in [0.05, 0.1) is 0 Å². The van der Waals surface area contributed by atoms with E-state index >= 15 is 17.6 Å². The molecule has 0 fully saturated rings. The summed E-state index contributed by atoms with van der Waals surface area (Å²) in [4.78, 5) is 26.2. The molecule has 2 aromatic carbocycles. The summed E-state index contributed by atoms with van der Waals surface area (Å²) < 4.78 is 63.6. The Morgan fingerprint density at radius 3 is 1.24 bits per heavy atom. The number of amides is 2. The molecule has 0 saturated carbocycles. The molecule has 0 saturated heterocycles. The van der Waals surface area contributed by atoms with E-state index in [1.165, 1.54) is 13.8 Å². The van der Waals surface area contributed by atoms with Crippen molar-refractivity contribution in [1.82, 2.24) is 0 Å². The van der Waals surface area contributed by atoms with E-state index in [2.05, 4.69) is 10.6 Å². The zero-order valence-corrected chi connectivity index (χ0v) is 28.8. The summed E-state index contributed by atoms with van der Waals surface area (Å²) in [6.07, 6.45) is 13.2. The molecule has 0 radical (unpaired) electrons. The Labute approximate surface area is 282 Å². The van der Waals surface area contributed by atoms with Crippen LogP contribution in [0.25, 0.3) is 0 Å². The van der Waals surface area contributed by atoms with E-state index in [9.17, 15) is 9.59 Å². The molecule has 2 N–H and O–H groups in total. The molecule has 2 aromatic rings. The van der Waals surface area contributed by atoms with Crippen LogP contribution in [0.4, 0.5) is 28.9 Å². The minimum absolute atomic E-state index is 0.184. The Morgan fingerprint density at radius 1 is 0.644 bits per heavy atom. The molecule has 4 nitrogen and oxygen atoms in total. The summed E-state index contributed by atoms with van der Waals surface area (Å²) in [6.45, 7) is 2.97. The number of halogens is 8. The van der Waals surface area contributed by atoms with Crippen molar-refractivity contribution in [3.63, 3.8) is 0 Å². The first kappa shape index (κ1) is 35.8. The quantitative estimate of drug-likeness (QED) is 0.132. The molecule has 0 unspecified atom stereocenters. The van der Waals surface area contributed by atoms with Crippen molar-refractivity contribution in [2.75, 3.05) is 34.2 Å². The number of carbonyl (C=O) groups is 2. The van der Waals surface area contributed by atoms with Gasteiger partial charge in [-0.25, -0.2) is 0 Å². The van der Waals surface area contributed by atoms with Crippen molar-refractivity contribution in [2.24, 2.45) is 10.8 Å². The second-order valence-electron chi connectivity index (χ2n) is 11.6. The third-order valence-corrected chi connectivity index (χ3v) is 19.2. The number of alkyl halides is 4. The van der Waals surface area contributed by atoms with Crippen LogP contribution < -0.4 is 18.4 Å². The molecule has 0 aromatic heterocycles. The molecule has 0 aliphatic heterocycles. The maximum absolute atomic E-state index is 16.9. The van der Waals surface area contributed by atoms with E-state index in [4.69, 9.17) is 46.4 Å². The van der Waals surface area contributed by atoms with Gasteiger partial charge in [-0.15, -0.1) is 0 Å². The fourth-order valence-corrected chi connectivity index (χ4v) is 15.3. The van der Waals surface area contributed by atoms with Crippen molar-refractivity contribution >= 4 is 77.3 Å². The van der Waals surface area contributed by atoms with Gasteiger partial charge in [-0.3, -0.25) is 0 Å². The zero-order chi connectivity index (χ0) is 33.2. The van der Waals surface area contributed by atoms with Crippen LogP contribution in [0.2, 0.25) is 8.45 Å². The average Bonchev–Trinajstić information content (AvgIpc) is 3.78. The standard InChI is InChI=1S/2C11H10Cl2F2NO.2C5H5.Ti/c2*1-11(5-12,6-13)10(17)16-9-3-2-7(14)4-8(9)15;2*1-2-4-5-3-1;/h2*2-3H,5-6H2,1H3,(H,16,17);2*1-5H;. The molecular weight excluding hydrogens is 710 g/mol. The number of benzene rings is 2. The summed E-state index contributed by atoms with van der Waals surface area (Å²) in [5, 5.41) is 4.92. The number of hydrogen-bond donors (Lipinski definition) is 2. The fraction of sp³-hybridized carbons (Fsp3) is 0.312. The van der Waals surface area contributed by atoms with Crippen LogP contribution in [0, 0.1) is 34.1 Å². The third-order valence-electron chi connectivity index (χ3n) is 8.33. The number of hydrogen-bond acceptors (Lipinski definition) is 2. The van der Waals surface area contributed by atoms with Crippen molar-refractivity contribution in [1.29, 1.82) is 0 Å². The molecule has 240 valence electrons. The summed E-state index contributed by atoms with van der Waals surface area (Å²) in [5.41, 5.74) is -3.37. The first-order chi connectivity index (χ1) is 21.3. The molecular formula is C32H30Cl4F4N2O2Ti. The van der Waals surface area contributed by atoms with Crippen LogP contribution in [-0.4, -0.2) is 35.3 Å². The third kappa shape index (κ3) is 6.44. The SMILES string of the molecule is CC(CCl)(CCl)C(=O)Nc1ccc(F)[c]([Ti]([c]2c(F)ccc(NC(=O)C(C)(CCl)CCl)c2F)([CH]2C=CC=C2)[CH]2C=CC=C2)c1F. The monoisotopic (exact) mass is 738 g/mol. The number of carbonyl (C=O) groups excluding carboxylic acids is 2. The number of allylic oxidation sites excluding steroid dienone is 8. The van der Waals surface area contributed by atoms with Crippen molar-refractivity contribution in [2.45, 2.75) is 22.3 Å². The Hall–Kier alpha value is -2.07. The maximum atomic E-state index is 16.9. The van der Waals surface area contributed by atoms with Crippen LogP contribution in [-0.2, 0) is 26.2 Å². The minimum atomic E-state index is -5.20. The van der Waals surface area contributed by atoms with Crippen molar-refractivity contribution in [3.05, 3.63) is 96.1 Å². The second kappa shape index (κ2) is 14.4. The molecule has 2 aliphatic rings. The van der Waals surface area contributed by atoms with E-state index in [-0.39, 0.29) is 23.5 Å². The van der Waals surface area contributed by atoms with Gasteiger partial charge < -0.3 is 0 Å². The van der Waals surface area contributed by atoms with Gasteiger partial charge in [0.15, 0.2) is 0 Å². The first-order valence-electron chi connectivity index (χ1n) is 13.9. The summed E-state index contributed by atoms with van der Waals surface area (Å²) >= 11 is 18.7. The first-order valence-corrected chi connectivity index (χ1v) is 19.4. The van der Waals surface area contributed by atoms with Gasteiger partial charge in [-0.2, -0.15) is 0 Å². The number of rotatable bonds is 12. The van der Waals surface area contributed by atoms with E-state index < -0.39 is 90.1 Å². The normalized spacial score (nSPS) is 15.3. The molecule has 0 bridgehead atoms. The zero-order valence-electron chi connectivity index (χ0n) is 24.3. The topological polar surface area (TPSA) is 58.2 Å². The van der Waals surface area contributed by atoms with Crippen LogP contribution in [0.15, 0.2) is 72.9 Å². The number of anilines is 2. The molecule has 0 spiro atoms. The van der Waals surface area contributed by atoms with E-state index in [1.807, 2.05) is 0 Å². The summed E-state index contributed by atoms with van der Waals surface area (Å²) in [7, 11) is 0. The molecule has 2 amide bonds. The Morgan fingerprint density at radius 2 is 0.956 bits per heavy atom. The van der Waals surface area contributed by atoms with Crippen LogP contribution in [0.5, 0.6) is 0 Å². The van der Waals surface area contributed by atoms with E-state index in [1.54, 1.807) is 48.6 Å². The predicted octanol–water partition coefficient (Wildman–Crippen LogP) is 8.02. The molecule has 0 heterocycles. The number of nitrogens with one attached hydrogen (secondary N) is 2. The summed E-state index contributed by atoms with van der Waals surface area (Å²) in [6, 6.07) is 4.02. The molecule has 2 aliphatic carbocycles. The van der Waals surface area contributed by atoms with Crippen molar-refractivity contribution < 1.29 is 43.7 Å².